The smallest absolute Gasteiger partial charge is 0.338 e. The van der Waals surface area contributed by atoms with Crippen LogP contribution in [-0.4, -0.2) is 18.4 Å². The van der Waals surface area contributed by atoms with E-state index in [1.54, 1.807) is 36.0 Å². The first-order chi connectivity index (χ1) is 11.7. The summed E-state index contributed by atoms with van der Waals surface area (Å²) >= 11 is 0. The van der Waals surface area contributed by atoms with Crippen molar-refractivity contribution < 1.29 is 18.9 Å². The molecular weight excluding hydrogens is 302 g/mol. The monoisotopic (exact) mass is 320 g/mol. The molecule has 0 aliphatic rings. The van der Waals surface area contributed by atoms with Gasteiger partial charge >= 0.3 is 5.97 Å². The van der Waals surface area contributed by atoms with Gasteiger partial charge in [-0.1, -0.05) is 42.5 Å². The van der Waals surface area contributed by atoms with Crippen molar-refractivity contribution in [3.05, 3.63) is 78.1 Å². The summed E-state index contributed by atoms with van der Waals surface area (Å²) in [4.78, 5) is 24.3. The maximum absolute atomic E-state index is 12.6. The van der Waals surface area contributed by atoms with E-state index in [0.717, 1.165) is 10.8 Å². The van der Waals surface area contributed by atoms with Gasteiger partial charge in [0.1, 0.15) is 0 Å². The minimum Gasteiger partial charge on any atom is -0.462 e. The highest BCUT2D eigenvalue weighted by molar-refractivity contribution is 6.07. The molecule has 0 radical (unpaired) electrons. The number of aromatic nitrogens is 1. The van der Waals surface area contributed by atoms with Gasteiger partial charge in [0.15, 0.2) is 12.4 Å². The van der Waals surface area contributed by atoms with Gasteiger partial charge in [-0.3, -0.25) is 4.79 Å². The van der Waals surface area contributed by atoms with Crippen molar-refractivity contribution in [3.63, 3.8) is 0 Å². The van der Waals surface area contributed by atoms with Gasteiger partial charge in [0, 0.05) is 17.7 Å². The van der Waals surface area contributed by atoms with Crippen LogP contribution in [0.1, 0.15) is 27.6 Å². The average molecular weight is 320 g/mol. The van der Waals surface area contributed by atoms with E-state index in [-0.39, 0.29) is 18.3 Å². The summed E-state index contributed by atoms with van der Waals surface area (Å²) in [5, 5.41) is 2.00. The van der Waals surface area contributed by atoms with Crippen molar-refractivity contribution in [3.8, 4) is 0 Å². The second-order valence-electron chi connectivity index (χ2n) is 5.43. The molecule has 0 saturated heterocycles. The molecule has 4 nitrogen and oxygen atoms in total. The van der Waals surface area contributed by atoms with E-state index in [2.05, 4.69) is 0 Å². The maximum atomic E-state index is 12.6. The molecule has 0 N–H and O–H groups in total. The van der Waals surface area contributed by atoms with Gasteiger partial charge < -0.3 is 4.74 Å². The van der Waals surface area contributed by atoms with Crippen LogP contribution in [0.5, 0.6) is 0 Å². The van der Waals surface area contributed by atoms with E-state index in [1.165, 1.54) is 0 Å². The van der Waals surface area contributed by atoms with Crippen LogP contribution < -0.4 is 4.57 Å². The lowest BCUT2D eigenvalue weighted by molar-refractivity contribution is -0.683. The number of carbonyl (C=O) groups excluding carboxylic acids is 2. The van der Waals surface area contributed by atoms with Gasteiger partial charge in [0.2, 0.25) is 12.3 Å². The first-order valence-electron chi connectivity index (χ1n) is 7.86. The lowest BCUT2D eigenvalue weighted by Crippen LogP contribution is -2.37. The number of nitrogens with zero attached hydrogens (tertiary/aromatic N) is 1. The van der Waals surface area contributed by atoms with Gasteiger partial charge in [0.05, 0.1) is 12.2 Å². The first-order valence-corrected chi connectivity index (χ1v) is 7.86. The molecule has 0 aliphatic carbocycles. The van der Waals surface area contributed by atoms with Crippen LogP contribution in [0.25, 0.3) is 10.8 Å². The SMILES string of the molecule is CCOC(=O)c1cc[n+](CC(=O)c2cccc3ccccc23)cc1. The topological polar surface area (TPSA) is 47.2 Å². The van der Waals surface area contributed by atoms with Gasteiger partial charge in [-0.05, 0) is 17.7 Å². The number of hydrogen-bond acceptors (Lipinski definition) is 3. The number of Topliss-reactive ketones (excluding diaryl/α,β-unsaturated/α-hetero) is 1. The highest BCUT2D eigenvalue weighted by atomic mass is 16.5. The first kappa shape index (κ1) is 15.9. The third kappa shape index (κ3) is 3.33. The number of ketones is 1. The quantitative estimate of drug-likeness (QED) is 0.412. The van der Waals surface area contributed by atoms with Gasteiger partial charge in [-0.15, -0.1) is 0 Å². The summed E-state index contributed by atoms with van der Waals surface area (Å²) in [5.74, 6) is -0.328. The Morgan fingerprint density at radius 1 is 0.958 bits per heavy atom. The number of carbonyl (C=O) groups is 2. The van der Waals surface area contributed by atoms with Crippen molar-refractivity contribution in [1.82, 2.24) is 0 Å². The number of fused-ring (bicyclic) bond motifs is 1. The Balaban J connectivity index is 1.80. The van der Waals surface area contributed by atoms with E-state index < -0.39 is 0 Å². The second kappa shape index (κ2) is 7.04. The van der Waals surface area contributed by atoms with E-state index in [4.69, 9.17) is 4.74 Å². The molecule has 2 aromatic carbocycles. The zero-order chi connectivity index (χ0) is 16.9. The molecule has 0 spiro atoms. The van der Waals surface area contributed by atoms with Gasteiger partial charge in [-0.25, -0.2) is 4.79 Å². The van der Waals surface area contributed by atoms with Crippen molar-refractivity contribution in [2.45, 2.75) is 13.5 Å². The number of hydrogen-bond donors (Lipinski definition) is 0. The molecule has 0 fully saturated rings. The Hall–Kier alpha value is -3.01. The van der Waals surface area contributed by atoms with E-state index in [1.807, 2.05) is 42.5 Å². The molecule has 0 unspecified atom stereocenters. The maximum Gasteiger partial charge on any atom is 0.338 e. The van der Waals surface area contributed by atoms with Crippen molar-refractivity contribution in [1.29, 1.82) is 0 Å². The van der Waals surface area contributed by atoms with Crippen molar-refractivity contribution >= 4 is 22.5 Å². The fourth-order valence-electron chi connectivity index (χ4n) is 2.63. The largest absolute Gasteiger partial charge is 0.462 e. The molecular formula is C20H18NO3+. The van der Waals surface area contributed by atoms with Gasteiger partial charge in [0.25, 0.3) is 0 Å². The van der Waals surface area contributed by atoms with E-state index in [0.29, 0.717) is 17.7 Å². The van der Waals surface area contributed by atoms with Crippen molar-refractivity contribution in [2.75, 3.05) is 6.61 Å². The van der Waals surface area contributed by atoms with Crippen LogP contribution in [0.3, 0.4) is 0 Å². The van der Waals surface area contributed by atoms with Gasteiger partial charge in [-0.2, -0.15) is 4.57 Å². The predicted molar refractivity (Wildman–Crippen MR) is 90.9 cm³/mol. The molecule has 3 rings (SSSR count). The summed E-state index contributed by atoms with van der Waals surface area (Å²) in [5.41, 5.74) is 1.18. The van der Waals surface area contributed by atoms with Crippen LogP contribution in [0.15, 0.2) is 67.0 Å². The summed E-state index contributed by atoms with van der Waals surface area (Å²) in [6.07, 6.45) is 3.44. The third-order valence-electron chi connectivity index (χ3n) is 3.82. The molecule has 1 heterocycles. The summed E-state index contributed by atoms with van der Waals surface area (Å²) in [6.45, 7) is 2.33. The molecule has 0 aliphatic heterocycles. The number of pyridine rings is 1. The molecule has 4 heteroatoms. The fourth-order valence-corrected chi connectivity index (χ4v) is 2.63. The van der Waals surface area contributed by atoms with Crippen LogP contribution in [-0.2, 0) is 11.3 Å². The molecule has 0 atom stereocenters. The normalized spacial score (nSPS) is 10.5. The lowest BCUT2D eigenvalue weighted by Gasteiger charge is -2.04. The summed E-state index contributed by atoms with van der Waals surface area (Å²) in [6, 6.07) is 16.9. The average Bonchev–Trinajstić information content (AvgIpc) is 2.62. The summed E-state index contributed by atoms with van der Waals surface area (Å²) < 4.78 is 6.71. The minimum atomic E-state index is -0.356. The number of rotatable bonds is 5. The molecule has 120 valence electrons. The Kier molecular flexibility index (Phi) is 4.66. The fraction of sp³-hybridized carbons (Fsp3) is 0.150. The number of benzene rings is 2. The van der Waals surface area contributed by atoms with Crippen LogP contribution in [0.4, 0.5) is 0 Å². The zero-order valence-electron chi connectivity index (χ0n) is 13.4. The van der Waals surface area contributed by atoms with Crippen molar-refractivity contribution in [2.24, 2.45) is 0 Å². The molecule has 3 aromatic rings. The number of esters is 1. The Morgan fingerprint density at radius 2 is 1.67 bits per heavy atom. The molecule has 24 heavy (non-hydrogen) atoms. The zero-order valence-corrected chi connectivity index (χ0v) is 13.4. The Morgan fingerprint density at radius 3 is 2.42 bits per heavy atom. The molecule has 0 bridgehead atoms. The highest BCUT2D eigenvalue weighted by Gasteiger charge is 2.16. The van der Waals surface area contributed by atoms with Crippen LogP contribution in [0.2, 0.25) is 0 Å². The molecule has 0 amide bonds. The standard InChI is InChI=1S/C20H18NO3/c1-2-24-20(23)16-10-12-21(13-11-16)14-19(22)18-9-5-7-15-6-3-4-8-17(15)18/h3-13H,2,14H2,1H3/q+1. The second-order valence-corrected chi connectivity index (χ2v) is 5.43. The third-order valence-corrected chi connectivity index (χ3v) is 3.82. The molecule has 1 aromatic heterocycles. The summed E-state index contributed by atoms with van der Waals surface area (Å²) in [7, 11) is 0. The minimum absolute atomic E-state index is 0.0284. The Labute approximate surface area is 140 Å². The van der Waals surface area contributed by atoms with E-state index in [9.17, 15) is 9.59 Å². The Bertz CT molecular complexity index is 880. The van der Waals surface area contributed by atoms with Crippen LogP contribution in [0, 0.1) is 0 Å². The molecule has 0 saturated carbocycles. The highest BCUT2D eigenvalue weighted by Crippen LogP contribution is 2.18. The van der Waals surface area contributed by atoms with Crippen LogP contribution >= 0.6 is 0 Å². The lowest BCUT2D eigenvalue weighted by atomic mass is 10.0. The van der Waals surface area contributed by atoms with E-state index >= 15 is 0 Å². The predicted octanol–water partition coefficient (Wildman–Crippen LogP) is 3.19. The number of ether oxygens (including phenoxy) is 1.